The number of ether oxygens (including phenoxy) is 1. The monoisotopic (exact) mass is 342 g/mol. The number of rotatable bonds is 5. The maximum absolute atomic E-state index is 12.2. The largest absolute Gasteiger partial charge is 0.497 e. The molecule has 1 saturated heterocycles. The summed E-state index contributed by atoms with van der Waals surface area (Å²) in [6.07, 6.45) is 3.27. The van der Waals surface area contributed by atoms with Gasteiger partial charge in [-0.15, -0.1) is 0 Å². The van der Waals surface area contributed by atoms with Crippen LogP contribution in [0, 0.1) is 24.7 Å². The van der Waals surface area contributed by atoms with Crippen LogP contribution in [-0.2, 0) is 9.59 Å². The Morgan fingerprint density at radius 1 is 1.40 bits per heavy atom. The second-order valence-corrected chi connectivity index (χ2v) is 6.40. The quantitative estimate of drug-likeness (QED) is 0.837. The number of anilines is 1. The highest BCUT2D eigenvalue weighted by molar-refractivity contribution is 5.93. The van der Waals surface area contributed by atoms with Gasteiger partial charge in [-0.1, -0.05) is 5.92 Å². The second-order valence-electron chi connectivity index (χ2n) is 6.40. The molecule has 0 bridgehead atoms. The fourth-order valence-electron chi connectivity index (χ4n) is 3.12. The number of carbonyl (C=O) groups excluding carboxylic acids is 2. The summed E-state index contributed by atoms with van der Waals surface area (Å²) in [5.41, 5.74) is 1.78. The van der Waals surface area contributed by atoms with E-state index in [1.165, 1.54) is 0 Å². The molecule has 0 unspecified atom stereocenters. The minimum absolute atomic E-state index is 0.00469. The molecule has 1 fully saturated rings. The predicted molar refractivity (Wildman–Crippen MR) is 98.3 cm³/mol. The maximum Gasteiger partial charge on any atom is 0.298 e. The van der Waals surface area contributed by atoms with E-state index in [-0.39, 0.29) is 11.8 Å². The lowest BCUT2D eigenvalue weighted by Crippen LogP contribution is -2.39. The van der Waals surface area contributed by atoms with Gasteiger partial charge in [0.25, 0.3) is 5.91 Å². The fraction of sp³-hybridized carbons (Fsp3) is 0.500. The summed E-state index contributed by atoms with van der Waals surface area (Å²) in [7, 11) is 1.62. The lowest BCUT2D eigenvalue weighted by molar-refractivity contribution is -0.126. The first-order valence-corrected chi connectivity index (χ1v) is 8.69. The molecule has 2 amide bonds. The number of nitrogens with one attached hydrogen (secondary N) is 1. The van der Waals surface area contributed by atoms with Gasteiger partial charge >= 0.3 is 0 Å². The van der Waals surface area contributed by atoms with Gasteiger partial charge in [-0.25, -0.2) is 0 Å². The summed E-state index contributed by atoms with van der Waals surface area (Å²) in [6, 6.07) is 5.59. The van der Waals surface area contributed by atoms with Crippen molar-refractivity contribution in [3.63, 3.8) is 0 Å². The number of likely N-dealkylation sites (tertiary alicyclic amines) is 1. The molecule has 0 aliphatic carbocycles. The fourth-order valence-corrected chi connectivity index (χ4v) is 3.12. The Kier molecular flexibility index (Phi) is 6.88. The number of methoxy groups -OCH3 is 1. The second kappa shape index (κ2) is 9.12. The standard InChI is InChI=1S/C20H26N2O3/c1-4-6-20(24)22-12-5-7-16(14-22)8-11-19(23)21-18-10-9-17(25-3)13-15(18)2/h9-10,13,16H,5,7-8,11-12,14H2,1-3H3,(H,21,23)/t16-/m0/s1. The van der Waals surface area contributed by atoms with E-state index in [4.69, 9.17) is 4.74 Å². The third kappa shape index (κ3) is 5.53. The molecule has 0 spiro atoms. The molecular weight excluding hydrogens is 316 g/mol. The number of piperidine rings is 1. The van der Waals surface area contributed by atoms with Crippen molar-refractivity contribution in [1.29, 1.82) is 0 Å². The first kappa shape index (κ1) is 18.9. The van der Waals surface area contributed by atoms with Crippen LogP contribution < -0.4 is 10.1 Å². The van der Waals surface area contributed by atoms with Gasteiger partial charge in [-0.3, -0.25) is 9.59 Å². The molecule has 1 atom stereocenters. The van der Waals surface area contributed by atoms with Crippen LogP contribution in [0.4, 0.5) is 5.69 Å². The Labute approximate surface area is 149 Å². The zero-order chi connectivity index (χ0) is 18.2. The van der Waals surface area contributed by atoms with Gasteiger partial charge < -0.3 is 15.0 Å². The number of carbonyl (C=O) groups is 2. The van der Waals surface area contributed by atoms with Gasteiger partial charge in [0.2, 0.25) is 5.91 Å². The third-order valence-electron chi connectivity index (χ3n) is 4.53. The van der Waals surface area contributed by atoms with Crippen molar-refractivity contribution in [3.8, 4) is 17.6 Å². The number of aryl methyl sites for hydroxylation is 1. The van der Waals surface area contributed by atoms with Crippen LogP contribution in [0.15, 0.2) is 18.2 Å². The molecule has 1 aromatic rings. The highest BCUT2D eigenvalue weighted by Gasteiger charge is 2.23. The van der Waals surface area contributed by atoms with Crippen LogP contribution in [0.3, 0.4) is 0 Å². The summed E-state index contributed by atoms with van der Waals surface area (Å²) in [4.78, 5) is 25.9. The minimum atomic E-state index is -0.106. The molecule has 0 saturated carbocycles. The molecule has 1 aromatic carbocycles. The van der Waals surface area contributed by atoms with Crippen LogP contribution in [0.25, 0.3) is 0 Å². The van der Waals surface area contributed by atoms with Gasteiger partial charge in [0, 0.05) is 25.2 Å². The smallest absolute Gasteiger partial charge is 0.298 e. The van der Waals surface area contributed by atoms with Crippen molar-refractivity contribution in [2.45, 2.75) is 39.5 Å². The summed E-state index contributed by atoms with van der Waals surface area (Å²) in [5.74, 6) is 6.29. The van der Waals surface area contributed by atoms with Crippen LogP contribution in [0.1, 0.15) is 38.2 Å². The average Bonchev–Trinajstić information content (AvgIpc) is 2.62. The Morgan fingerprint density at radius 3 is 2.88 bits per heavy atom. The molecule has 1 aliphatic rings. The van der Waals surface area contributed by atoms with Gasteiger partial charge in [-0.2, -0.15) is 0 Å². The van der Waals surface area contributed by atoms with E-state index < -0.39 is 0 Å². The molecule has 25 heavy (non-hydrogen) atoms. The number of nitrogens with zero attached hydrogens (tertiary/aromatic N) is 1. The third-order valence-corrected chi connectivity index (χ3v) is 4.53. The number of amides is 2. The first-order chi connectivity index (χ1) is 12.0. The minimum Gasteiger partial charge on any atom is -0.497 e. The molecule has 134 valence electrons. The van der Waals surface area contributed by atoms with Crippen molar-refractivity contribution in [1.82, 2.24) is 4.90 Å². The predicted octanol–water partition coefficient (Wildman–Crippen LogP) is 2.98. The summed E-state index contributed by atoms with van der Waals surface area (Å²) in [6.45, 7) is 5.08. The van der Waals surface area contributed by atoms with E-state index in [0.29, 0.717) is 18.9 Å². The first-order valence-electron chi connectivity index (χ1n) is 8.69. The van der Waals surface area contributed by atoms with Gasteiger partial charge in [-0.05, 0) is 68.7 Å². The SMILES string of the molecule is CC#CC(=O)N1CCC[C@@H](CCC(=O)Nc2ccc(OC)cc2C)C1. The molecule has 5 heteroatoms. The van der Waals surface area contributed by atoms with E-state index in [1.54, 1.807) is 18.9 Å². The summed E-state index contributed by atoms with van der Waals surface area (Å²) >= 11 is 0. The van der Waals surface area contributed by atoms with E-state index in [0.717, 1.165) is 42.8 Å². The number of hydrogen-bond donors (Lipinski definition) is 1. The summed E-state index contributed by atoms with van der Waals surface area (Å²) < 4.78 is 5.17. The Bertz CT molecular complexity index is 688. The zero-order valence-electron chi connectivity index (χ0n) is 15.2. The van der Waals surface area contributed by atoms with Crippen LogP contribution in [0.2, 0.25) is 0 Å². The number of benzene rings is 1. The Hall–Kier alpha value is -2.48. The van der Waals surface area contributed by atoms with Crippen molar-refractivity contribution in [2.24, 2.45) is 5.92 Å². The van der Waals surface area contributed by atoms with Gasteiger partial charge in [0.15, 0.2) is 0 Å². The molecule has 0 aromatic heterocycles. The molecule has 1 aliphatic heterocycles. The molecule has 0 radical (unpaired) electrons. The van der Waals surface area contributed by atoms with Crippen LogP contribution >= 0.6 is 0 Å². The maximum atomic E-state index is 12.2. The van der Waals surface area contributed by atoms with Crippen LogP contribution in [0.5, 0.6) is 5.75 Å². The lowest BCUT2D eigenvalue weighted by Gasteiger charge is -2.31. The highest BCUT2D eigenvalue weighted by Crippen LogP contribution is 2.23. The molecule has 5 nitrogen and oxygen atoms in total. The molecular formula is C20H26N2O3. The van der Waals surface area contributed by atoms with Gasteiger partial charge in [0.1, 0.15) is 5.75 Å². The van der Waals surface area contributed by atoms with E-state index in [1.807, 2.05) is 25.1 Å². The highest BCUT2D eigenvalue weighted by atomic mass is 16.5. The van der Waals surface area contributed by atoms with E-state index in [2.05, 4.69) is 17.2 Å². The average molecular weight is 342 g/mol. The summed E-state index contributed by atoms with van der Waals surface area (Å²) in [5, 5.41) is 2.96. The van der Waals surface area contributed by atoms with Crippen molar-refractivity contribution < 1.29 is 14.3 Å². The lowest BCUT2D eigenvalue weighted by atomic mass is 9.93. The normalized spacial score (nSPS) is 16.6. The topological polar surface area (TPSA) is 58.6 Å². The van der Waals surface area contributed by atoms with Crippen molar-refractivity contribution >= 4 is 17.5 Å². The van der Waals surface area contributed by atoms with E-state index in [9.17, 15) is 9.59 Å². The zero-order valence-corrected chi connectivity index (χ0v) is 15.2. The molecule has 1 N–H and O–H groups in total. The Morgan fingerprint density at radius 2 is 2.20 bits per heavy atom. The number of hydrogen-bond acceptors (Lipinski definition) is 3. The molecule has 2 rings (SSSR count). The van der Waals surface area contributed by atoms with Gasteiger partial charge in [0.05, 0.1) is 7.11 Å². The Balaban J connectivity index is 1.83. The van der Waals surface area contributed by atoms with Crippen molar-refractivity contribution in [2.75, 3.05) is 25.5 Å². The van der Waals surface area contributed by atoms with E-state index >= 15 is 0 Å². The van der Waals surface area contributed by atoms with Crippen LogP contribution in [-0.4, -0.2) is 36.9 Å². The van der Waals surface area contributed by atoms with Crippen molar-refractivity contribution in [3.05, 3.63) is 23.8 Å². The molecule has 1 heterocycles.